The minimum Gasteiger partial charge on any atom is -0.267 e. The third-order valence-electron chi connectivity index (χ3n) is 4.84. The van der Waals surface area contributed by atoms with Crippen LogP contribution in [0.2, 0.25) is 0 Å². The van der Waals surface area contributed by atoms with Crippen molar-refractivity contribution in [3.63, 3.8) is 0 Å². The van der Waals surface area contributed by atoms with Crippen LogP contribution in [0.3, 0.4) is 0 Å². The Bertz CT molecular complexity index is 1250. The average molecular weight is 401 g/mol. The lowest BCUT2D eigenvalue weighted by Crippen LogP contribution is -2.21. The van der Waals surface area contributed by atoms with Crippen LogP contribution in [0.25, 0.3) is 16.7 Å². The molecule has 0 aliphatic carbocycles. The lowest BCUT2D eigenvalue weighted by atomic mass is 10.1. The second-order valence-electron chi connectivity index (χ2n) is 7.26. The van der Waals surface area contributed by atoms with Crippen LogP contribution in [0.4, 0.5) is 0 Å². The molecule has 0 aliphatic heterocycles. The van der Waals surface area contributed by atoms with Gasteiger partial charge >= 0.3 is 0 Å². The second-order valence-corrected chi connectivity index (χ2v) is 7.26. The number of nitrogens with zero attached hydrogens (tertiary/aromatic N) is 6. The zero-order chi connectivity index (χ0) is 21.3. The van der Waals surface area contributed by atoms with Crippen molar-refractivity contribution in [3.8, 4) is 5.69 Å². The van der Waals surface area contributed by atoms with E-state index < -0.39 is 0 Å². The normalized spacial score (nSPS) is 11.8. The highest BCUT2D eigenvalue weighted by Crippen LogP contribution is 2.24. The molecule has 0 radical (unpaired) electrons. The number of hydrogen-bond acceptors (Lipinski definition) is 5. The van der Waals surface area contributed by atoms with Crippen molar-refractivity contribution in [1.82, 2.24) is 30.0 Å². The summed E-state index contributed by atoms with van der Waals surface area (Å²) in [6.45, 7) is 8.08. The Morgan fingerprint density at radius 1 is 1.13 bits per heavy atom. The number of pyridine rings is 1. The van der Waals surface area contributed by atoms with Crippen LogP contribution in [-0.2, 0) is 6.54 Å². The number of rotatable bonds is 5. The van der Waals surface area contributed by atoms with Crippen molar-refractivity contribution >= 4 is 22.7 Å². The van der Waals surface area contributed by atoms with Crippen LogP contribution in [0.1, 0.15) is 34.4 Å². The first-order valence-electron chi connectivity index (χ1n) is 9.68. The monoisotopic (exact) mass is 401 g/mol. The third kappa shape index (κ3) is 3.71. The summed E-state index contributed by atoms with van der Waals surface area (Å²) in [6.07, 6.45) is 1.74. The number of benzene rings is 1. The van der Waals surface area contributed by atoms with Gasteiger partial charge in [0.05, 0.1) is 34.6 Å². The number of para-hydroxylation sites is 1. The fraction of sp³-hybridized carbons (Fsp3) is 0.227. The third-order valence-corrected chi connectivity index (χ3v) is 4.84. The van der Waals surface area contributed by atoms with E-state index in [1.165, 1.54) is 0 Å². The van der Waals surface area contributed by atoms with Gasteiger partial charge in [0.25, 0.3) is 5.91 Å². The molecule has 0 saturated carbocycles. The number of carbonyl (C=O) groups excluding carboxylic acids is 1. The zero-order valence-electron chi connectivity index (χ0n) is 17.4. The summed E-state index contributed by atoms with van der Waals surface area (Å²) >= 11 is 0. The average Bonchev–Trinajstić information content (AvgIpc) is 3.29. The van der Waals surface area contributed by atoms with Gasteiger partial charge in [0.15, 0.2) is 5.65 Å². The molecular formula is C22H23N7O. The Hall–Kier alpha value is -3.81. The minimum absolute atomic E-state index is 0.294. The first kappa shape index (κ1) is 19.5. The van der Waals surface area contributed by atoms with Crippen LogP contribution < -0.4 is 5.43 Å². The first-order valence-corrected chi connectivity index (χ1v) is 9.68. The molecule has 0 unspecified atom stereocenters. The molecule has 0 spiro atoms. The van der Waals surface area contributed by atoms with Gasteiger partial charge in [-0.1, -0.05) is 18.2 Å². The summed E-state index contributed by atoms with van der Waals surface area (Å²) in [4.78, 5) is 17.6. The Kier molecular flexibility index (Phi) is 5.14. The molecule has 0 aliphatic rings. The molecule has 0 fully saturated rings. The summed E-state index contributed by atoms with van der Waals surface area (Å²) in [5.74, 6) is -0.294. The number of fused-ring (bicyclic) bond motifs is 1. The maximum Gasteiger partial charge on any atom is 0.272 e. The van der Waals surface area contributed by atoms with E-state index in [9.17, 15) is 4.79 Å². The van der Waals surface area contributed by atoms with E-state index in [1.54, 1.807) is 16.9 Å². The summed E-state index contributed by atoms with van der Waals surface area (Å²) in [6, 6.07) is 13.5. The first-order chi connectivity index (χ1) is 14.4. The second kappa shape index (κ2) is 7.90. The fourth-order valence-corrected chi connectivity index (χ4v) is 3.37. The smallest absolute Gasteiger partial charge is 0.267 e. The van der Waals surface area contributed by atoms with Crippen LogP contribution >= 0.6 is 0 Å². The predicted octanol–water partition coefficient (Wildman–Crippen LogP) is 3.35. The molecule has 8 heteroatoms. The molecule has 8 nitrogen and oxygen atoms in total. The summed E-state index contributed by atoms with van der Waals surface area (Å²) in [7, 11) is 0. The van der Waals surface area contributed by atoms with Crippen molar-refractivity contribution in [3.05, 3.63) is 71.3 Å². The largest absolute Gasteiger partial charge is 0.272 e. The van der Waals surface area contributed by atoms with Crippen molar-refractivity contribution in [1.29, 1.82) is 0 Å². The number of hydrogen-bond donors (Lipinski definition) is 1. The quantitative estimate of drug-likeness (QED) is 0.410. The van der Waals surface area contributed by atoms with Gasteiger partial charge in [-0.2, -0.15) is 15.3 Å². The molecule has 152 valence electrons. The van der Waals surface area contributed by atoms with Crippen molar-refractivity contribution in [2.45, 2.75) is 34.2 Å². The molecule has 1 N–H and O–H groups in total. The van der Waals surface area contributed by atoms with Crippen LogP contribution in [-0.4, -0.2) is 36.2 Å². The number of aryl methyl sites for hydroxylation is 3. The molecule has 3 heterocycles. The molecule has 30 heavy (non-hydrogen) atoms. The molecular weight excluding hydrogens is 378 g/mol. The maximum absolute atomic E-state index is 13.0. The van der Waals surface area contributed by atoms with Gasteiger partial charge in [0.2, 0.25) is 0 Å². The minimum atomic E-state index is -0.294. The topological polar surface area (TPSA) is 90.0 Å². The molecule has 1 amide bonds. The molecule has 0 bridgehead atoms. The standard InChI is InChI=1S/C22H23N7O/c1-14-12-19(22(30)26-25-15(2)13-28-16(3)10-11-23-28)20-17(4)27-29(21(20)24-14)18-8-6-5-7-9-18/h5-12H,13H2,1-4H3,(H,26,30)/b25-15-. The molecule has 3 aromatic heterocycles. The fourth-order valence-electron chi connectivity index (χ4n) is 3.37. The van der Waals surface area contributed by atoms with Crippen molar-refractivity contribution in [2.24, 2.45) is 5.10 Å². The van der Waals surface area contributed by atoms with Gasteiger partial charge in [-0.05, 0) is 52.0 Å². The Morgan fingerprint density at radius 2 is 1.90 bits per heavy atom. The van der Waals surface area contributed by atoms with Crippen LogP contribution in [0.5, 0.6) is 0 Å². The van der Waals surface area contributed by atoms with Gasteiger partial charge in [0.1, 0.15) is 0 Å². The zero-order valence-corrected chi connectivity index (χ0v) is 17.4. The number of nitrogens with one attached hydrogen (secondary N) is 1. The van der Waals surface area contributed by atoms with Gasteiger partial charge < -0.3 is 0 Å². The molecule has 0 saturated heterocycles. The van der Waals surface area contributed by atoms with Crippen LogP contribution in [0, 0.1) is 20.8 Å². The number of amides is 1. The van der Waals surface area contributed by atoms with Gasteiger partial charge in [-0.15, -0.1) is 0 Å². The number of carbonyl (C=O) groups is 1. The van der Waals surface area contributed by atoms with E-state index in [0.717, 1.165) is 33.9 Å². The molecule has 4 aromatic rings. The molecule has 0 atom stereocenters. The highest BCUT2D eigenvalue weighted by Gasteiger charge is 2.19. The lowest BCUT2D eigenvalue weighted by Gasteiger charge is -2.07. The molecule has 4 rings (SSSR count). The Balaban J connectivity index is 1.67. The van der Waals surface area contributed by atoms with E-state index in [1.807, 2.05) is 68.8 Å². The van der Waals surface area contributed by atoms with E-state index >= 15 is 0 Å². The van der Waals surface area contributed by atoms with E-state index in [-0.39, 0.29) is 5.91 Å². The number of aromatic nitrogens is 5. The van der Waals surface area contributed by atoms with Crippen molar-refractivity contribution < 1.29 is 4.79 Å². The van der Waals surface area contributed by atoms with Crippen molar-refractivity contribution in [2.75, 3.05) is 0 Å². The van der Waals surface area contributed by atoms with Gasteiger partial charge in [-0.3, -0.25) is 9.48 Å². The summed E-state index contributed by atoms with van der Waals surface area (Å²) in [5, 5.41) is 13.8. The maximum atomic E-state index is 13.0. The van der Waals surface area contributed by atoms with Gasteiger partial charge in [0, 0.05) is 17.6 Å². The van der Waals surface area contributed by atoms with Crippen LogP contribution in [0.15, 0.2) is 53.8 Å². The van der Waals surface area contributed by atoms with E-state index in [4.69, 9.17) is 0 Å². The molecule has 1 aromatic carbocycles. The summed E-state index contributed by atoms with van der Waals surface area (Å²) < 4.78 is 3.59. The highest BCUT2D eigenvalue weighted by atomic mass is 16.2. The summed E-state index contributed by atoms with van der Waals surface area (Å²) in [5.41, 5.74) is 7.96. The number of hydrazone groups is 1. The highest BCUT2D eigenvalue weighted by molar-refractivity contribution is 6.07. The lowest BCUT2D eigenvalue weighted by molar-refractivity contribution is 0.0956. The Morgan fingerprint density at radius 3 is 2.60 bits per heavy atom. The predicted molar refractivity (Wildman–Crippen MR) is 116 cm³/mol. The van der Waals surface area contributed by atoms with E-state index in [2.05, 4.69) is 25.7 Å². The SMILES string of the molecule is C/C(Cn1nccc1C)=N/NC(=O)c1cc(C)nc2c1c(C)nn2-c1ccccc1. The Labute approximate surface area is 174 Å². The van der Waals surface area contributed by atoms with Gasteiger partial charge in [-0.25, -0.2) is 15.1 Å². The van der Waals surface area contributed by atoms with E-state index in [0.29, 0.717) is 17.8 Å².